The van der Waals surface area contributed by atoms with Crippen molar-refractivity contribution in [3.8, 4) is 0 Å². The van der Waals surface area contributed by atoms with Crippen LogP contribution in [-0.4, -0.2) is 47.0 Å². The zero-order valence-corrected chi connectivity index (χ0v) is 17.2. The molecule has 1 atom stereocenters. The Kier molecular flexibility index (Phi) is 6.38. The number of anilines is 1. The van der Waals surface area contributed by atoms with Gasteiger partial charge in [0, 0.05) is 18.7 Å². The highest BCUT2D eigenvalue weighted by molar-refractivity contribution is 8.01. The number of carbonyl (C=O) groups is 2. The first-order valence-electron chi connectivity index (χ1n) is 9.32. The number of nitrogens with zero attached hydrogens (tertiary/aromatic N) is 2. The number of hydrogen-bond acceptors (Lipinski definition) is 7. The van der Waals surface area contributed by atoms with E-state index in [0.717, 1.165) is 30.2 Å². The van der Waals surface area contributed by atoms with Gasteiger partial charge >= 0.3 is 0 Å². The number of rotatable bonds is 7. The first-order valence-corrected chi connectivity index (χ1v) is 11.1. The van der Waals surface area contributed by atoms with E-state index in [2.05, 4.69) is 20.8 Å². The Balaban J connectivity index is 1.27. The summed E-state index contributed by atoms with van der Waals surface area (Å²) in [6.45, 7) is 1.32. The van der Waals surface area contributed by atoms with Crippen molar-refractivity contribution in [3.63, 3.8) is 0 Å². The number of carbonyl (C=O) groups excluding carboxylic acids is 2. The lowest BCUT2D eigenvalue weighted by Gasteiger charge is -2.09. The molecule has 2 heterocycles. The molecule has 0 aliphatic carbocycles. The number of ether oxygens (including phenoxy) is 1. The molecule has 1 saturated heterocycles. The van der Waals surface area contributed by atoms with E-state index in [0.29, 0.717) is 21.6 Å². The molecule has 0 radical (unpaired) electrons. The number of benzene rings is 2. The van der Waals surface area contributed by atoms with E-state index >= 15 is 0 Å². The summed E-state index contributed by atoms with van der Waals surface area (Å²) in [7, 11) is 0. The molecule has 150 valence electrons. The molecule has 3 aromatic rings. The number of fused-ring (bicyclic) bond motifs is 1. The van der Waals surface area contributed by atoms with Crippen LogP contribution in [0.1, 0.15) is 23.2 Å². The van der Waals surface area contributed by atoms with Gasteiger partial charge in [0.1, 0.15) is 0 Å². The van der Waals surface area contributed by atoms with E-state index < -0.39 is 0 Å². The van der Waals surface area contributed by atoms with Crippen LogP contribution in [0.15, 0.2) is 46.8 Å². The fourth-order valence-electron chi connectivity index (χ4n) is 3.03. The predicted octanol–water partition coefficient (Wildman–Crippen LogP) is 3.33. The molecule has 0 saturated carbocycles. The largest absolute Gasteiger partial charge is 0.376 e. The Morgan fingerprint density at radius 2 is 2.03 bits per heavy atom. The topological polar surface area (TPSA) is 93.2 Å². The monoisotopic (exact) mass is 428 g/mol. The molecule has 2 amide bonds. The summed E-state index contributed by atoms with van der Waals surface area (Å²) in [4.78, 5) is 24.4. The van der Waals surface area contributed by atoms with E-state index in [-0.39, 0.29) is 23.7 Å². The molecule has 1 aromatic heterocycles. The molecule has 4 rings (SSSR count). The van der Waals surface area contributed by atoms with Crippen molar-refractivity contribution in [1.29, 1.82) is 0 Å². The summed E-state index contributed by atoms with van der Waals surface area (Å²) in [5.74, 6) is -0.0554. The first-order chi connectivity index (χ1) is 14.2. The Hall–Kier alpha value is -2.49. The van der Waals surface area contributed by atoms with Crippen LogP contribution in [0.3, 0.4) is 0 Å². The van der Waals surface area contributed by atoms with Gasteiger partial charge in [-0.05, 0) is 35.7 Å². The molecule has 1 aliphatic rings. The molecule has 0 spiro atoms. The summed E-state index contributed by atoms with van der Waals surface area (Å²) in [5, 5.41) is 16.2. The Labute approximate surface area is 176 Å². The van der Waals surface area contributed by atoms with E-state index in [1.165, 1.54) is 23.1 Å². The maximum absolute atomic E-state index is 12.5. The molecule has 2 N–H and O–H groups in total. The molecular weight excluding hydrogens is 408 g/mol. The maximum atomic E-state index is 12.5. The van der Waals surface area contributed by atoms with Gasteiger partial charge in [-0.25, -0.2) is 0 Å². The van der Waals surface area contributed by atoms with Gasteiger partial charge in [0.05, 0.1) is 11.9 Å². The molecule has 9 heteroatoms. The van der Waals surface area contributed by atoms with Crippen LogP contribution in [0.2, 0.25) is 0 Å². The van der Waals surface area contributed by atoms with Crippen molar-refractivity contribution < 1.29 is 14.3 Å². The lowest BCUT2D eigenvalue weighted by Crippen LogP contribution is -2.32. The predicted molar refractivity (Wildman–Crippen MR) is 115 cm³/mol. The molecule has 0 bridgehead atoms. The lowest BCUT2D eigenvalue weighted by atomic mass is 10.1. The van der Waals surface area contributed by atoms with E-state index in [1.54, 1.807) is 6.07 Å². The second-order valence-corrected chi connectivity index (χ2v) is 8.82. The smallest absolute Gasteiger partial charge is 0.257 e. The van der Waals surface area contributed by atoms with Gasteiger partial charge in [-0.2, -0.15) is 0 Å². The van der Waals surface area contributed by atoms with Crippen LogP contribution >= 0.6 is 23.1 Å². The fourth-order valence-corrected chi connectivity index (χ4v) is 4.61. The van der Waals surface area contributed by atoms with Crippen molar-refractivity contribution in [2.45, 2.75) is 23.3 Å². The van der Waals surface area contributed by atoms with Crippen molar-refractivity contribution in [1.82, 2.24) is 15.5 Å². The minimum Gasteiger partial charge on any atom is -0.376 e. The second kappa shape index (κ2) is 9.34. The zero-order chi connectivity index (χ0) is 20.1. The lowest BCUT2D eigenvalue weighted by molar-refractivity contribution is -0.119. The summed E-state index contributed by atoms with van der Waals surface area (Å²) in [5.41, 5.74) is 0.557. The second-order valence-electron chi connectivity index (χ2n) is 6.62. The molecule has 7 nitrogen and oxygen atoms in total. The zero-order valence-electron chi connectivity index (χ0n) is 15.6. The molecule has 2 aromatic carbocycles. The number of hydrogen-bond donors (Lipinski definition) is 2. The SMILES string of the molecule is O=C(CSc1nnc(NC(=O)c2ccc3ccccc3c2)s1)NC[C@H]1CCCO1. The van der Waals surface area contributed by atoms with Crippen molar-refractivity contribution >= 4 is 50.8 Å². The van der Waals surface area contributed by atoms with Crippen LogP contribution in [0.5, 0.6) is 0 Å². The third-order valence-electron chi connectivity index (χ3n) is 4.52. The van der Waals surface area contributed by atoms with E-state index in [1.807, 2.05) is 36.4 Å². The van der Waals surface area contributed by atoms with E-state index in [9.17, 15) is 9.59 Å². The molecular formula is C20H20N4O3S2. The maximum Gasteiger partial charge on any atom is 0.257 e. The molecule has 0 unspecified atom stereocenters. The minimum atomic E-state index is -0.238. The average Bonchev–Trinajstić information content (AvgIpc) is 3.42. The van der Waals surface area contributed by atoms with Crippen LogP contribution in [0.25, 0.3) is 10.8 Å². The highest BCUT2D eigenvalue weighted by Crippen LogP contribution is 2.26. The summed E-state index contributed by atoms with van der Waals surface area (Å²) < 4.78 is 6.12. The highest BCUT2D eigenvalue weighted by Gasteiger charge is 2.17. The average molecular weight is 429 g/mol. The Morgan fingerprint density at radius 3 is 2.86 bits per heavy atom. The number of aromatic nitrogens is 2. The Morgan fingerprint density at radius 1 is 1.17 bits per heavy atom. The van der Waals surface area contributed by atoms with Gasteiger partial charge in [-0.1, -0.05) is 53.4 Å². The quantitative estimate of drug-likeness (QED) is 0.443. The molecule has 1 aliphatic heterocycles. The third-order valence-corrected chi connectivity index (χ3v) is 6.49. The number of thioether (sulfide) groups is 1. The summed E-state index contributed by atoms with van der Waals surface area (Å²) >= 11 is 2.55. The van der Waals surface area contributed by atoms with Crippen LogP contribution in [0, 0.1) is 0 Å². The number of nitrogens with one attached hydrogen (secondary N) is 2. The van der Waals surface area contributed by atoms with Crippen LogP contribution < -0.4 is 10.6 Å². The summed E-state index contributed by atoms with van der Waals surface area (Å²) in [6, 6.07) is 13.4. The van der Waals surface area contributed by atoms with Crippen molar-refractivity contribution in [2.75, 3.05) is 24.2 Å². The number of amides is 2. The van der Waals surface area contributed by atoms with Crippen LogP contribution in [-0.2, 0) is 9.53 Å². The molecule has 1 fully saturated rings. The standard InChI is InChI=1S/C20H20N4O3S2/c25-17(21-11-16-6-3-9-27-16)12-28-20-24-23-19(29-20)22-18(26)15-8-7-13-4-1-2-5-14(13)10-15/h1-2,4-5,7-8,10,16H,3,6,9,11-12H2,(H,21,25)(H,22,23,26)/t16-/m1/s1. The highest BCUT2D eigenvalue weighted by atomic mass is 32.2. The van der Waals surface area contributed by atoms with Crippen molar-refractivity contribution in [3.05, 3.63) is 48.0 Å². The molecule has 29 heavy (non-hydrogen) atoms. The minimum absolute atomic E-state index is 0.0672. The van der Waals surface area contributed by atoms with E-state index in [4.69, 9.17) is 4.74 Å². The van der Waals surface area contributed by atoms with Crippen molar-refractivity contribution in [2.24, 2.45) is 0 Å². The van der Waals surface area contributed by atoms with Gasteiger partial charge in [0.15, 0.2) is 4.34 Å². The fraction of sp³-hybridized carbons (Fsp3) is 0.300. The first kappa shape index (κ1) is 19.8. The van der Waals surface area contributed by atoms with Gasteiger partial charge in [0.2, 0.25) is 11.0 Å². The van der Waals surface area contributed by atoms with Gasteiger partial charge in [-0.3, -0.25) is 14.9 Å². The van der Waals surface area contributed by atoms with Gasteiger partial charge in [-0.15, -0.1) is 10.2 Å². The van der Waals surface area contributed by atoms with Gasteiger partial charge < -0.3 is 10.1 Å². The Bertz CT molecular complexity index is 1020. The van der Waals surface area contributed by atoms with Crippen LogP contribution in [0.4, 0.5) is 5.13 Å². The summed E-state index contributed by atoms with van der Waals surface area (Å²) in [6.07, 6.45) is 2.17. The third kappa shape index (κ3) is 5.31. The normalized spacial score (nSPS) is 16.1. The van der Waals surface area contributed by atoms with Gasteiger partial charge in [0.25, 0.3) is 5.91 Å².